The Kier molecular flexibility index (Phi) is 3.05. The van der Waals surface area contributed by atoms with E-state index in [2.05, 4.69) is 10.3 Å². The van der Waals surface area contributed by atoms with E-state index in [0.717, 1.165) is 0 Å². The molecule has 0 unspecified atom stereocenters. The largest absolute Gasteiger partial charge is 0.352 e. The molecule has 2 aromatic rings. The Morgan fingerprint density at radius 3 is 2.95 bits per heavy atom. The van der Waals surface area contributed by atoms with Crippen molar-refractivity contribution in [1.29, 1.82) is 0 Å². The SMILES string of the molecule is CC1(C)C(=O)NCCN1C(=O)c1cnc2sccn2c1=O. The molecule has 7 nitrogen and oxygen atoms in total. The van der Waals surface area contributed by atoms with Gasteiger partial charge >= 0.3 is 0 Å². The van der Waals surface area contributed by atoms with Crippen LogP contribution in [0.25, 0.3) is 4.96 Å². The fourth-order valence-corrected chi connectivity index (χ4v) is 3.05. The van der Waals surface area contributed by atoms with Crippen LogP contribution in [0.3, 0.4) is 0 Å². The smallest absolute Gasteiger partial charge is 0.271 e. The van der Waals surface area contributed by atoms with Gasteiger partial charge in [-0.25, -0.2) is 4.98 Å². The van der Waals surface area contributed by atoms with Crippen LogP contribution >= 0.6 is 11.3 Å². The normalized spacial score (nSPS) is 17.8. The molecule has 0 atom stereocenters. The summed E-state index contributed by atoms with van der Waals surface area (Å²) in [5, 5.41) is 4.45. The molecule has 1 saturated heterocycles. The predicted octanol–water partition coefficient (Wildman–Crippen LogP) is 0.107. The monoisotopic (exact) mass is 306 g/mol. The van der Waals surface area contributed by atoms with Crippen molar-refractivity contribution in [1.82, 2.24) is 19.6 Å². The highest BCUT2D eigenvalue weighted by atomic mass is 32.1. The van der Waals surface area contributed by atoms with E-state index in [1.54, 1.807) is 25.4 Å². The molecule has 1 fully saturated rings. The van der Waals surface area contributed by atoms with Crippen molar-refractivity contribution in [2.24, 2.45) is 0 Å². The quantitative estimate of drug-likeness (QED) is 0.810. The second kappa shape index (κ2) is 4.66. The van der Waals surface area contributed by atoms with Crippen LogP contribution in [-0.2, 0) is 4.79 Å². The summed E-state index contributed by atoms with van der Waals surface area (Å²) in [4.78, 5) is 43.0. The first-order valence-corrected chi connectivity index (χ1v) is 7.36. The third kappa shape index (κ3) is 2.02. The Labute approximate surface area is 124 Å². The number of piperazine rings is 1. The summed E-state index contributed by atoms with van der Waals surface area (Å²) < 4.78 is 1.34. The van der Waals surface area contributed by atoms with E-state index in [1.807, 2.05) is 0 Å². The molecule has 0 spiro atoms. The van der Waals surface area contributed by atoms with Gasteiger partial charge in [-0.15, -0.1) is 11.3 Å². The zero-order chi connectivity index (χ0) is 15.2. The van der Waals surface area contributed by atoms with E-state index >= 15 is 0 Å². The van der Waals surface area contributed by atoms with Gasteiger partial charge in [0, 0.05) is 30.9 Å². The highest BCUT2D eigenvalue weighted by Gasteiger charge is 2.41. The zero-order valence-electron chi connectivity index (χ0n) is 11.6. The summed E-state index contributed by atoms with van der Waals surface area (Å²) in [5.74, 6) is -0.695. The molecule has 0 radical (unpaired) electrons. The Morgan fingerprint density at radius 2 is 2.19 bits per heavy atom. The number of aromatic nitrogens is 2. The van der Waals surface area contributed by atoms with Gasteiger partial charge in [-0.3, -0.25) is 18.8 Å². The lowest BCUT2D eigenvalue weighted by Gasteiger charge is -2.40. The minimum Gasteiger partial charge on any atom is -0.352 e. The van der Waals surface area contributed by atoms with Gasteiger partial charge in [-0.2, -0.15) is 0 Å². The fourth-order valence-electron chi connectivity index (χ4n) is 2.37. The van der Waals surface area contributed by atoms with Crippen molar-refractivity contribution in [3.63, 3.8) is 0 Å². The second-order valence-corrected chi connectivity index (χ2v) is 6.18. The summed E-state index contributed by atoms with van der Waals surface area (Å²) >= 11 is 1.32. The third-order valence-corrected chi connectivity index (χ3v) is 4.44. The van der Waals surface area contributed by atoms with Crippen LogP contribution in [0.4, 0.5) is 0 Å². The molecule has 0 aromatic carbocycles. The fraction of sp³-hybridized carbons (Fsp3) is 0.385. The summed E-state index contributed by atoms with van der Waals surface area (Å²) in [6, 6.07) is 0. The van der Waals surface area contributed by atoms with Crippen LogP contribution < -0.4 is 10.9 Å². The number of nitrogens with zero attached hydrogens (tertiary/aromatic N) is 3. The number of thiazole rings is 1. The minimum absolute atomic E-state index is 0.0197. The molecule has 110 valence electrons. The molecule has 3 rings (SSSR count). The van der Waals surface area contributed by atoms with Crippen LogP contribution in [-0.4, -0.2) is 44.7 Å². The molecule has 8 heteroatoms. The van der Waals surface area contributed by atoms with Crippen LogP contribution in [0.2, 0.25) is 0 Å². The first kappa shape index (κ1) is 13.7. The number of amides is 2. The van der Waals surface area contributed by atoms with Gasteiger partial charge in [0.15, 0.2) is 4.96 Å². The maximum Gasteiger partial charge on any atom is 0.271 e. The van der Waals surface area contributed by atoms with E-state index < -0.39 is 17.0 Å². The van der Waals surface area contributed by atoms with Crippen LogP contribution in [0.5, 0.6) is 0 Å². The number of hydrogen-bond acceptors (Lipinski definition) is 5. The Hall–Kier alpha value is -2.22. The van der Waals surface area contributed by atoms with Gasteiger partial charge in [0.1, 0.15) is 11.1 Å². The highest BCUT2D eigenvalue weighted by molar-refractivity contribution is 7.15. The second-order valence-electron chi connectivity index (χ2n) is 5.30. The lowest BCUT2D eigenvalue weighted by Crippen LogP contribution is -2.63. The zero-order valence-corrected chi connectivity index (χ0v) is 12.4. The lowest BCUT2D eigenvalue weighted by atomic mass is 9.98. The van der Waals surface area contributed by atoms with Crippen molar-refractivity contribution >= 4 is 28.1 Å². The maximum absolute atomic E-state index is 12.6. The molecular formula is C13H14N4O3S. The summed E-state index contributed by atoms with van der Waals surface area (Å²) in [5.41, 5.74) is -1.42. The molecule has 0 saturated carbocycles. The summed E-state index contributed by atoms with van der Waals surface area (Å²) in [6.07, 6.45) is 2.87. The number of fused-ring (bicyclic) bond motifs is 1. The first-order valence-electron chi connectivity index (χ1n) is 6.48. The highest BCUT2D eigenvalue weighted by Crippen LogP contribution is 2.19. The van der Waals surface area contributed by atoms with E-state index in [-0.39, 0.29) is 11.5 Å². The Morgan fingerprint density at radius 1 is 1.43 bits per heavy atom. The van der Waals surface area contributed by atoms with Crippen molar-refractivity contribution in [2.75, 3.05) is 13.1 Å². The summed E-state index contributed by atoms with van der Waals surface area (Å²) in [6.45, 7) is 4.06. The topological polar surface area (TPSA) is 83.8 Å². The van der Waals surface area contributed by atoms with E-state index in [0.29, 0.717) is 18.1 Å². The number of rotatable bonds is 1. The molecule has 1 aliphatic heterocycles. The molecule has 21 heavy (non-hydrogen) atoms. The van der Waals surface area contributed by atoms with Gasteiger partial charge in [-0.05, 0) is 13.8 Å². The van der Waals surface area contributed by atoms with Crippen molar-refractivity contribution in [3.8, 4) is 0 Å². The maximum atomic E-state index is 12.6. The number of carbonyl (C=O) groups is 2. The van der Waals surface area contributed by atoms with Crippen molar-refractivity contribution in [3.05, 3.63) is 33.7 Å². The third-order valence-electron chi connectivity index (χ3n) is 3.67. The van der Waals surface area contributed by atoms with E-state index in [1.165, 1.54) is 26.8 Å². The van der Waals surface area contributed by atoms with Crippen molar-refractivity contribution < 1.29 is 9.59 Å². The number of carbonyl (C=O) groups excluding carboxylic acids is 2. The molecular weight excluding hydrogens is 292 g/mol. The molecule has 3 heterocycles. The molecule has 0 aliphatic carbocycles. The molecule has 0 bridgehead atoms. The Balaban J connectivity index is 2.06. The van der Waals surface area contributed by atoms with Crippen LogP contribution in [0.1, 0.15) is 24.2 Å². The van der Waals surface area contributed by atoms with Crippen LogP contribution in [0.15, 0.2) is 22.6 Å². The van der Waals surface area contributed by atoms with Gasteiger partial charge < -0.3 is 10.2 Å². The van der Waals surface area contributed by atoms with Gasteiger partial charge in [-0.1, -0.05) is 0 Å². The van der Waals surface area contributed by atoms with Gasteiger partial charge in [0.25, 0.3) is 11.5 Å². The minimum atomic E-state index is -0.990. The van der Waals surface area contributed by atoms with Gasteiger partial charge in [0.05, 0.1) is 0 Å². The van der Waals surface area contributed by atoms with Crippen LogP contribution in [0, 0.1) is 0 Å². The predicted molar refractivity (Wildman–Crippen MR) is 77.5 cm³/mol. The molecule has 2 amide bonds. The average molecular weight is 306 g/mol. The average Bonchev–Trinajstić information content (AvgIpc) is 2.91. The number of nitrogens with one attached hydrogen (secondary N) is 1. The van der Waals surface area contributed by atoms with E-state index in [4.69, 9.17) is 0 Å². The lowest BCUT2D eigenvalue weighted by molar-refractivity contribution is -0.133. The summed E-state index contributed by atoms with van der Waals surface area (Å²) in [7, 11) is 0. The van der Waals surface area contributed by atoms with Gasteiger partial charge in [0.2, 0.25) is 5.91 Å². The molecule has 1 N–H and O–H groups in total. The Bertz CT molecular complexity index is 792. The van der Waals surface area contributed by atoms with Crippen molar-refractivity contribution in [2.45, 2.75) is 19.4 Å². The molecule has 1 aliphatic rings. The molecule has 2 aromatic heterocycles. The number of hydrogen-bond donors (Lipinski definition) is 1. The van der Waals surface area contributed by atoms with E-state index in [9.17, 15) is 14.4 Å². The standard InChI is InChI=1S/C13H14N4O3S/c1-13(2)11(20)14-3-4-17(13)10(19)8-7-15-12-16(9(8)18)5-6-21-12/h5-7H,3-4H2,1-2H3,(H,14,20). The first-order chi connectivity index (χ1) is 9.93.